The van der Waals surface area contributed by atoms with Crippen molar-refractivity contribution in [2.45, 2.75) is 32.4 Å². The molecule has 0 unspecified atom stereocenters. The van der Waals surface area contributed by atoms with Crippen molar-refractivity contribution < 1.29 is 5.11 Å². The molecule has 9 heteroatoms. The molecule has 5 rings (SSSR count). The summed E-state index contributed by atoms with van der Waals surface area (Å²) >= 11 is 0. The molecule has 5 heterocycles. The lowest BCUT2D eigenvalue weighted by atomic mass is 10.2. The summed E-state index contributed by atoms with van der Waals surface area (Å²) < 4.78 is 0. The van der Waals surface area contributed by atoms with E-state index in [1.807, 2.05) is 18.3 Å². The molecule has 174 valence electrons. The summed E-state index contributed by atoms with van der Waals surface area (Å²) in [5, 5.41) is 14.2. The second kappa shape index (κ2) is 9.54. The Hall–Kier alpha value is -2.88. The predicted octanol–water partition coefficient (Wildman–Crippen LogP) is 2.56. The van der Waals surface area contributed by atoms with E-state index in [1.165, 1.54) is 5.56 Å². The SMILES string of the molecule is C[C@@H](O)c1cc2cnc(Nc3ccc(CN4CCN(C)CC4)cn3)nc2c(N2CCCC2)n1. The molecule has 33 heavy (non-hydrogen) atoms. The molecule has 2 saturated heterocycles. The van der Waals surface area contributed by atoms with Crippen LogP contribution in [0.15, 0.2) is 30.6 Å². The standard InChI is InChI=1S/C24H32N8O/c1-17(33)20-13-19-15-26-24(29-22(19)23(27-20)32-7-3-4-8-32)28-21-6-5-18(14-25-21)16-31-11-9-30(2)10-12-31/h5-6,13-15,17,33H,3-4,7-12,16H2,1-2H3,(H,25,26,28,29)/t17-/m1/s1. The van der Waals surface area contributed by atoms with Crippen LogP contribution in [0.25, 0.3) is 10.9 Å². The van der Waals surface area contributed by atoms with Gasteiger partial charge in [-0.05, 0) is 44.5 Å². The van der Waals surface area contributed by atoms with Crippen LogP contribution in [0.2, 0.25) is 0 Å². The van der Waals surface area contributed by atoms with Gasteiger partial charge in [-0.15, -0.1) is 0 Å². The Bertz CT molecular complexity index is 1090. The summed E-state index contributed by atoms with van der Waals surface area (Å²) in [5.74, 6) is 2.03. The number of aliphatic hydroxyl groups is 1. The first-order valence-corrected chi connectivity index (χ1v) is 11.8. The number of hydrogen-bond donors (Lipinski definition) is 2. The Balaban J connectivity index is 1.34. The summed E-state index contributed by atoms with van der Waals surface area (Å²) in [7, 11) is 2.17. The van der Waals surface area contributed by atoms with Gasteiger partial charge in [0.15, 0.2) is 5.82 Å². The number of likely N-dealkylation sites (N-methyl/N-ethyl adjacent to an activating group) is 1. The molecule has 0 aromatic carbocycles. The van der Waals surface area contributed by atoms with E-state index >= 15 is 0 Å². The lowest BCUT2D eigenvalue weighted by Crippen LogP contribution is -2.43. The highest BCUT2D eigenvalue weighted by molar-refractivity contribution is 5.89. The van der Waals surface area contributed by atoms with Gasteiger partial charge in [0.1, 0.15) is 11.3 Å². The number of aromatic nitrogens is 4. The maximum absolute atomic E-state index is 10.1. The summed E-state index contributed by atoms with van der Waals surface area (Å²) in [6.07, 6.45) is 5.36. The van der Waals surface area contributed by atoms with Gasteiger partial charge in [-0.1, -0.05) is 6.07 Å². The third kappa shape index (κ3) is 5.05. The van der Waals surface area contributed by atoms with Crippen molar-refractivity contribution in [2.24, 2.45) is 0 Å². The van der Waals surface area contributed by atoms with Crippen LogP contribution < -0.4 is 10.2 Å². The molecule has 2 fully saturated rings. The Labute approximate surface area is 194 Å². The maximum atomic E-state index is 10.1. The minimum atomic E-state index is -0.637. The van der Waals surface area contributed by atoms with Crippen molar-refractivity contribution in [3.63, 3.8) is 0 Å². The van der Waals surface area contributed by atoms with Gasteiger partial charge >= 0.3 is 0 Å². The summed E-state index contributed by atoms with van der Waals surface area (Å²) in [4.78, 5) is 25.7. The second-order valence-corrected chi connectivity index (χ2v) is 9.13. The van der Waals surface area contributed by atoms with Crippen LogP contribution in [0.5, 0.6) is 0 Å². The predicted molar refractivity (Wildman–Crippen MR) is 130 cm³/mol. The molecule has 0 amide bonds. The van der Waals surface area contributed by atoms with Crippen LogP contribution in [-0.2, 0) is 6.54 Å². The lowest BCUT2D eigenvalue weighted by molar-refractivity contribution is 0.148. The zero-order valence-corrected chi connectivity index (χ0v) is 19.4. The normalized spacial score (nSPS) is 18.7. The Morgan fingerprint density at radius 3 is 2.48 bits per heavy atom. The number of nitrogens with zero attached hydrogens (tertiary/aromatic N) is 7. The van der Waals surface area contributed by atoms with E-state index in [-0.39, 0.29) is 0 Å². The van der Waals surface area contributed by atoms with Crippen LogP contribution in [-0.4, -0.2) is 81.2 Å². The molecule has 2 aliphatic rings. The molecule has 2 N–H and O–H groups in total. The van der Waals surface area contributed by atoms with E-state index in [2.05, 4.69) is 43.1 Å². The van der Waals surface area contributed by atoms with Gasteiger partial charge in [0.25, 0.3) is 0 Å². The van der Waals surface area contributed by atoms with Crippen LogP contribution in [0.3, 0.4) is 0 Å². The first-order chi connectivity index (χ1) is 16.0. The van der Waals surface area contributed by atoms with Crippen LogP contribution in [0.4, 0.5) is 17.6 Å². The first kappa shape index (κ1) is 21.9. The van der Waals surface area contributed by atoms with Crippen molar-refractivity contribution in [1.29, 1.82) is 0 Å². The molecule has 3 aromatic rings. The van der Waals surface area contributed by atoms with Crippen LogP contribution in [0, 0.1) is 0 Å². The second-order valence-electron chi connectivity index (χ2n) is 9.13. The summed E-state index contributed by atoms with van der Waals surface area (Å²) in [5.41, 5.74) is 2.65. The van der Waals surface area contributed by atoms with Gasteiger partial charge in [0, 0.05) is 63.6 Å². The highest BCUT2D eigenvalue weighted by Gasteiger charge is 2.20. The topological polar surface area (TPSA) is 93.5 Å². The zero-order chi connectivity index (χ0) is 22.8. The van der Waals surface area contributed by atoms with Crippen LogP contribution in [0.1, 0.15) is 37.1 Å². The number of piperazine rings is 1. The molecule has 0 spiro atoms. The fourth-order valence-corrected chi connectivity index (χ4v) is 4.44. The first-order valence-electron chi connectivity index (χ1n) is 11.8. The molecular weight excluding hydrogens is 416 g/mol. The molecular formula is C24H32N8O. The van der Waals surface area contributed by atoms with Gasteiger partial charge < -0.3 is 20.2 Å². The molecule has 0 saturated carbocycles. The maximum Gasteiger partial charge on any atom is 0.229 e. The Morgan fingerprint density at radius 2 is 1.79 bits per heavy atom. The Kier molecular flexibility index (Phi) is 6.34. The van der Waals surface area contributed by atoms with Crippen molar-refractivity contribution in [2.75, 3.05) is 56.5 Å². The third-order valence-electron chi connectivity index (χ3n) is 6.47. The minimum Gasteiger partial charge on any atom is -0.387 e. The lowest BCUT2D eigenvalue weighted by Gasteiger charge is -2.32. The van der Waals surface area contributed by atoms with E-state index in [9.17, 15) is 5.11 Å². The van der Waals surface area contributed by atoms with Crippen molar-refractivity contribution in [3.05, 3.63) is 41.9 Å². The van der Waals surface area contributed by atoms with Crippen molar-refractivity contribution >= 4 is 28.5 Å². The minimum absolute atomic E-state index is 0.494. The van der Waals surface area contributed by atoms with E-state index in [0.29, 0.717) is 17.5 Å². The summed E-state index contributed by atoms with van der Waals surface area (Å²) in [6.45, 7) is 8.96. The number of rotatable bonds is 6. The third-order valence-corrected chi connectivity index (χ3v) is 6.47. The molecule has 0 bridgehead atoms. The van der Waals surface area contributed by atoms with E-state index in [0.717, 1.165) is 75.4 Å². The van der Waals surface area contributed by atoms with Gasteiger partial charge in [-0.3, -0.25) is 4.90 Å². The fraction of sp³-hybridized carbons (Fsp3) is 0.500. The number of fused-ring (bicyclic) bond motifs is 1. The zero-order valence-electron chi connectivity index (χ0n) is 19.4. The van der Waals surface area contributed by atoms with Crippen molar-refractivity contribution in [3.8, 4) is 0 Å². The van der Waals surface area contributed by atoms with E-state index in [4.69, 9.17) is 9.97 Å². The summed E-state index contributed by atoms with van der Waals surface area (Å²) in [6, 6.07) is 5.96. The van der Waals surface area contributed by atoms with Gasteiger partial charge in [0.2, 0.25) is 5.95 Å². The highest BCUT2D eigenvalue weighted by Crippen LogP contribution is 2.29. The number of nitrogens with one attached hydrogen (secondary N) is 1. The molecule has 0 radical (unpaired) electrons. The number of hydrogen-bond acceptors (Lipinski definition) is 9. The number of anilines is 3. The largest absolute Gasteiger partial charge is 0.387 e. The Morgan fingerprint density at radius 1 is 1.00 bits per heavy atom. The average molecular weight is 449 g/mol. The molecule has 2 aliphatic heterocycles. The molecule has 9 nitrogen and oxygen atoms in total. The van der Waals surface area contributed by atoms with Gasteiger partial charge in [0.05, 0.1) is 11.8 Å². The highest BCUT2D eigenvalue weighted by atomic mass is 16.3. The molecule has 3 aromatic heterocycles. The molecule has 1 atom stereocenters. The number of aliphatic hydroxyl groups excluding tert-OH is 1. The van der Waals surface area contributed by atoms with Gasteiger partial charge in [-0.25, -0.2) is 19.9 Å². The quantitative estimate of drug-likeness (QED) is 0.590. The molecule has 0 aliphatic carbocycles. The van der Waals surface area contributed by atoms with Crippen molar-refractivity contribution in [1.82, 2.24) is 29.7 Å². The van der Waals surface area contributed by atoms with Gasteiger partial charge in [-0.2, -0.15) is 0 Å². The smallest absolute Gasteiger partial charge is 0.229 e. The van der Waals surface area contributed by atoms with E-state index < -0.39 is 6.10 Å². The average Bonchev–Trinajstić information content (AvgIpc) is 3.36. The number of pyridine rings is 2. The van der Waals surface area contributed by atoms with Crippen LogP contribution >= 0.6 is 0 Å². The monoisotopic (exact) mass is 448 g/mol. The van der Waals surface area contributed by atoms with E-state index in [1.54, 1.807) is 13.1 Å². The fourth-order valence-electron chi connectivity index (χ4n) is 4.44.